The van der Waals surface area contributed by atoms with E-state index in [0.29, 0.717) is 29.4 Å². The molecule has 1 aromatic heterocycles. The maximum absolute atomic E-state index is 11.3. The normalized spacial score (nSPS) is 10.1. The Kier molecular flexibility index (Phi) is 4.05. The fraction of sp³-hybridized carbons (Fsp3) is 0.143. The van der Waals surface area contributed by atoms with Crippen LogP contribution >= 0.6 is 0 Å². The van der Waals surface area contributed by atoms with E-state index in [1.807, 2.05) is 6.07 Å². The predicted molar refractivity (Wildman–Crippen MR) is 77.5 cm³/mol. The molecule has 2 rings (SSSR count). The molecule has 0 bridgehead atoms. The minimum atomic E-state index is -0.500. The molecule has 0 fully saturated rings. The van der Waals surface area contributed by atoms with Crippen LogP contribution in [0.2, 0.25) is 0 Å². The summed E-state index contributed by atoms with van der Waals surface area (Å²) in [6.07, 6.45) is 1.70. The number of rotatable bonds is 5. The Hall–Kier alpha value is -2.76. The lowest BCUT2D eigenvalue weighted by atomic mass is 10.1. The van der Waals surface area contributed by atoms with E-state index in [4.69, 9.17) is 16.2 Å². The summed E-state index contributed by atoms with van der Waals surface area (Å²) in [6.45, 7) is 0.501. The average Bonchev–Trinajstić information content (AvgIpc) is 2.45. The molecular formula is C14H16N4O2. The predicted octanol–water partition coefficient (Wildman–Crippen LogP) is 1.38. The Labute approximate surface area is 116 Å². The van der Waals surface area contributed by atoms with Crippen molar-refractivity contribution in [1.82, 2.24) is 4.98 Å². The summed E-state index contributed by atoms with van der Waals surface area (Å²) in [4.78, 5) is 15.4. The highest BCUT2D eigenvalue weighted by Gasteiger charge is 2.08. The zero-order valence-corrected chi connectivity index (χ0v) is 11.1. The number of nitrogens with zero attached hydrogens (tertiary/aromatic N) is 1. The van der Waals surface area contributed by atoms with Gasteiger partial charge in [0.1, 0.15) is 0 Å². The average molecular weight is 272 g/mol. The van der Waals surface area contributed by atoms with Gasteiger partial charge >= 0.3 is 0 Å². The molecule has 0 aliphatic heterocycles. The number of nitrogens with two attached hydrogens (primary N) is 2. The number of pyridine rings is 1. The largest absolute Gasteiger partial charge is 0.481 e. The van der Waals surface area contributed by atoms with Crippen LogP contribution in [-0.2, 0) is 6.54 Å². The Bertz CT molecular complexity index is 611. The van der Waals surface area contributed by atoms with Crippen LogP contribution < -0.4 is 21.5 Å². The molecule has 1 heterocycles. The molecule has 0 saturated carbocycles. The number of nitrogens with one attached hydrogen (secondary N) is 1. The lowest BCUT2D eigenvalue weighted by molar-refractivity contribution is 0.100. The zero-order valence-electron chi connectivity index (χ0n) is 11.1. The fourth-order valence-corrected chi connectivity index (χ4v) is 1.76. The van der Waals surface area contributed by atoms with Gasteiger partial charge in [0.05, 0.1) is 12.7 Å². The molecule has 0 unspecified atom stereocenters. The van der Waals surface area contributed by atoms with Crippen LogP contribution in [0.4, 0.5) is 11.4 Å². The number of anilines is 2. The van der Waals surface area contributed by atoms with Crippen molar-refractivity contribution in [3.63, 3.8) is 0 Å². The van der Waals surface area contributed by atoms with Crippen molar-refractivity contribution in [2.75, 3.05) is 18.2 Å². The van der Waals surface area contributed by atoms with Crippen molar-refractivity contribution in [2.45, 2.75) is 6.54 Å². The molecule has 0 aliphatic carbocycles. The molecule has 1 amide bonds. The number of carbonyl (C=O) groups is 1. The van der Waals surface area contributed by atoms with E-state index < -0.39 is 5.91 Å². The molecule has 0 radical (unpaired) electrons. The number of hydrogen-bond donors (Lipinski definition) is 3. The molecule has 6 heteroatoms. The first-order valence-electron chi connectivity index (χ1n) is 6.02. The maximum atomic E-state index is 11.3. The van der Waals surface area contributed by atoms with Crippen LogP contribution in [0.3, 0.4) is 0 Å². The van der Waals surface area contributed by atoms with Crippen LogP contribution in [0, 0.1) is 0 Å². The highest BCUT2D eigenvalue weighted by molar-refractivity contribution is 5.99. The lowest BCUT2D eigenvalue weighted by Crippen LogP contribution is -2.14. The third-order valence-electron chi connectivity index (χ3n) is 2.80. The Morgan fingerprint density at radius 3 is 2.75 bits per heavy atom. The van der Waals surface area contributed by atoms with E-state index in [-0.39, 0.29) is 0 Å². The number of amides is 1. The van der Waals surface area contributed by atoms with Gasteiger partial charge in [-0.2, -0.15) is 0 Å². The minimum absolute atomic E-state index is 0.403. The van der Waals surface area contributed by atoms with Crippen molar-refractivity contribution in [3.8, 4) is 5.88 Å². The van der Waals surface area contributed by atoms with Crippen molar-refractivity contribution < 1.29 is 9.53 Å². The molecule has 2 aromatic rings. The number of hydrogen-bond acceptors (Lipinski definition) is 5. The third kappa shape index (κ3) is 3.17. The fourth-order valence-electron chi connectivity index (χ4n) is 1.76. The number of methoxy groups -OCH3 is 1. The van der Waals surface area contributed by atoms with E-state index in [1.54, 1.807) is 37.6 Å². The molecule has 0 spiro atoms. The summed E-state index contributed by atoms with van der Waals surface area (Å²) >= 11 is 0. The van der Waals surface area contributed by atoms with Crippen LogP contribution in [0.15, 0.2) is 36.5 Å². The van der Waals surface area contributed by atoms with Gasteiger partial charge in [0.25, 0.3) is 5.91 Å². The second kappa shape index (κ2) is 5.92. The number of benzene rings is 1. The molecule has 20 heavy (non-hydrogen) atoms. The lowest BCUT2D eigenvalue weighted by Gasteiger charge is -2.11. The SMILES string of the molecule is COc1ccc(CNc2cc(N)ccc2C(N)=O)cn1. The summed E-state index contributed by atoms with van der Waals surface area (Å²) in [7, 11) is 1.56. The summed E-state index contributed by atoms with van der Waals surface area (Å²) in [6, 6.07) is 8.57. The van der Waals surface area contributed by atoms with Gasteiger partial charge in [0, 0.05) is 30.2 Å². The summed E-state index contributed by atoms with van der Waals surface area (Å²) in [5.74, 6) is 0.0517. The van der Waals surface area contributed by atoms with Gasteiger partial charge in [-0.05, 0) is 23.8 Å². The Morgan fingerprint density at radius 2 is 2.15 bits per heavy atom. The van der Waals surface area contributed by atoms with Gasteiger partial charge in [-0.1, -0.05) is 6.07 Å². The van der Waals surface area contributed by atoms with Crippen LogP contribution in [0.1, 0.15) is 15.9 Å². The second-order valence-electron chi connectivity index (χ2n) is 4.23. The molecular weight excluding hydrogens is 256 g/mol. The molecule has 6 nitrogen and oxygen atoms in total. The maximum Gasteiger partial charge on any atom is 0.250 e. The van der Waals surface area contributed by atoms with Gasteiger partial charge in [0.15, 0.2) is 0 Å². The van der Waals surface area contributed by atoms with E-state index in [9.17, 15) is 4.79 Å². The van der Waals surface area contributed by atoms with Crippen molar-refractivity contribution in [3.05, 3.63) is 47.7 Å². The summed E-state index contributed by atoms with van der Waals surface area (Å²) in [5, 5.41) is 3.13. The highest BCUT2D eigenvalue weighted by Crippen LogP contribution is 2.20. The van der Waals surface area contributed by atoms with Crippen molar-refractivity contribution in [2.24, 2.45) is 5.73 Å². The zero-order chi connectivity index (χ0) is 14.5. The van der Waals surface area contributed by atoms with Gasteiger partial charge in [-0.3, -0.25) is 4.79 Å². The number of ether oxygens (including phenoxy) is 1. The van der Waals surface area contributed by atoms with E-state index in [1.165, 1.54) is 0 Å². The Morgan fingerprint density at radius 1 is 1.35 bits per heavy atom. The smallest absolute Gasteiger partial charge is 0.250 e. The van der Waals surface area contributed by atoms with Crippen LogP contribution in [0.5, 0.6) is 5.88 Å². The van der Waals surface area contributed by atoms with E-state index in [2.05, 4.69) is 10.3 Å². The van der Waals surface area contributed by atoms with Gasteiger partial charge in [-0.15, -0.1) is 0 Å². The first kappa shape index (κ1) is 13.7. The topological polar surface area (TPSA) is 103 Å². The third-order valence-corrected chi connectivity index (χ3v) is 2.80. The molecule has 0 saturated heterocycles. The van der Waals surface area contributed by atoms with Crippen LogP contribution in [0.25, 0.3) is 0 Å². The molecule has 0 aliphatic rings. The van der Waals surface area contributed by atoms with Gasteiger partial charge < -0.3 is 21.5 Å². The molecule has 5 N–H and O–H groups in total. The number of carbonyl (C=O) groups excluding carboxylic acids is 1. The number of nitrogen functional groups attached to an aromatic ring is 1. The first-order chi connectivity index (χ1) is 9.60. The van der Waals surface area contributed by atoms with E-state index in [0.717, 1.165) is 5.56 Å². The molecule has 1 aromatic carbocycles. The quantitative estimate of drug-likeness (QED) is 0.713. The highest BCUT2D eigenvalue weighted by atomic mass is 16.5. The van der Waals surface area contributed by atoms with Gasteiger partial charge in [0.2, 0.25) is 5.88 Å². The minimum Gasteiger partial charge on any atom is -0.481 e. The summed E-state index contributed by atoms with van der Waals surface area (Å²) in [5.41, 5.74) is 13.6. The first-order valence-corrected chi connectivity index (χ1v) is 6.02. The summed E-state index contributed by atoms with van der Waals surface area (Å²) < 4.78 is 4.99. The second-order valence-corrected chi connectivity index (χ2v) is 4.23. The van der Waals surface area contributed by atoms with Crippen molar-refractivity contribution >= 4 is 17.3 Å². The standard InChI is InChI=1S/C14H16N4O2/c1-20-13-5-2-9(8-18-13)7-17-12-6-10(15)3-4-11(12)14(16)19/h2-6,8,17H,7,15H2,1H3,(H2,16,19). The van der Waals surface area contributed by atoms with Gasteiger partial charge in [-0.25, -0.2) is 4.98 Å². The number of aromatic nitrogens is 1. The van der Waals surface area contributed by atoms with Crippen molar-refractivity contribution in [1.29, 1.82) is 0 Å². The van der Waals surface area contributed by atoms with Crippen LogP contribution in [-0.4, -0.2) is 18.0 Å². The Balaban J connectivity index is 2.13. The monoisotopic (exact) mass is 272 g/mol. The number of primary amides is 1. The van der Waals surface area contributed by atoms with E-state index >= 15 is 0 Å². The molecule has 0 atom stereocenters. The molecule has 104 valence electrons.